The molecule has 0 spiro atoms. The molecule has 21 heavy (non-hydrogen) atoms. The van der Waals surface area contributed by atoms with E-state index in [1.54, 1.807) is 0 Å². The Bertz CT molecular complexity index is 616. The van der Waals surface area contributed by atoms with Crippen LogP contribution in [0.4, 0.5) is 0 Å². The highest BCUT2D eigenvalue weighted by Crippen LogP contribution is 2.24. The van der Waals surface area contributed by atoms with Crippen LogP contribution < -0.4 is 0 Å². The van der Waals surface area contributed by atoms with Crippen molar-refractivity contribution in [3.05, 3.63) is 23.7 Å². The van der Waals surface area contributed by atoms with Crippen molar-refractivity contribution < 1.29 is 0 Å². The molecule has 2 rings (SSSR count). The van der Waals surface area contributed by atoms with Gasteiger partial charge in [0, 0.05) is 31.6 Å². The highest BCUT2D eigenvalue weighted by atomic mass is 35.5. The lowest BCUT2D eigenvalue weighted by molar-refractivity contribution is 0.211. The minimum atomic E-state index is 0.144. The van der Waals surface area contributed by atoms with Crippen molar-refractivity contribution >= 4 is 22.8 Å². The van der Waals surface area contributed by atoms with Crippen molar-refractivity contribution in [1.82, 2.24) is 19.4 Å². The first kappa shape index (κ1) is 16.2. The molecule has 116 valence electrons. The van der Waals surface area contributed by atoms with Crippen molar-refractivity contribution in [3.8, 4) is 0 Å². The van der Waals surface area contributed by atoms with E-state index < -0.39 is 0 Å². The molecule has 5 heteroatoms. The van der Waals surface area contributed by atoms with Crippen molar-refractivity contribution in [2.24, 2.45) is 5.41 Å². The van der Waals surface area contributed by atoms with Crippen LogP contribution in [0, 0.1) is 12.3 Å². The molecule has 0 unspecified atom stereocenters. The monoisotopic (exact) mass is 308 g/mol. The van der Waals surface area contributed by atoms with E-state index in [0.717, 1.165) is 42.1 Å². The Hall–Kier alpha value is -1.13. The summed E-state index contributed by atoms with van der Waals surface area (Å²) in [6.45, 7) is 8.50. The largest absolute Gasteiger partial charge is 0.312 e. The van der Waals surface area contributed by atoms with Gasteiger partial charge in [-0.1, -0.05) is 13.8 Å². The zero-order valence-electron chi connectivity index (χ0n) is 13.6. The maximum atomic E-state index is 5.94. The standard InChI is InChI=1S/C16H25ClN4/c1-12-8-13-15(18-9-12)21(14(19-13)6-7-17)11-16(2,3)10-20(4)5/h8-9H,6-7,10-11H2,1-5H3. The maximum absolute atomic E-state index is 5.94. The Labute approximate surface area is 132 Å². The van der Waals surface area contributed by atoms with Gasteiger partial charge in [0.25, 0.3) is 0 Å². The topological polar surface area (TPSA) is 34.0 Å². The zero-order chi connectivity index (χ0) is 15.6. The molecule has 0 fully saturated rings. The van der Waals surface area contributed by atoms with Crippen LogP contribution in [0.3, 0.4) is 0 Å². The molecule has 0 aliphatic carbocycles. The quantitative estimate of drug-likeness (QED) is 0.769. The van der Waals surface area contributed by atoms with Crippen LogP contribution in [0.15, 0.2) is 12.3 Å². The fourth-order valence-electron chi connectivity index (χ4n) is 2.93. The van der Waals surface area contributed by atoms with E-state index in [2.05, 4.69) is 48.5 Å². The molecule has 0 bridgehead atoms. The van der Waals surface area contributed by atoms with Crippen molar-refractivity contribution in [1.29, 1.82) is 0 Å². The molecule has 0 aliphatic heterocycles. The number of alkyl halides is 1. The van der Waals surface area contributed by atoms with Crippen LogP contribution >= 0.6 is 11.6 Å². The molecule has 2 aromatic rings. The number of fused-ring (bicyclic) bond motifs is 1. The highest BCUT2D eigenvalue weighted by Gasteiger charge is 2.23. The summed E-state index contributed by atoms with van der Waals surface area (Å²) in [5.74, 6) is 1.61. The molecule has 0 radical (unpaired) electrons. The molecule has 4 nitrogen and oxygen atoms in total. The van der Waals surface area contributed by atoms with E-state index in [-0.39, 0.29) is 5.41 Å². The number of nitrogens with zero attached hydrogens (tertiary/aromatic N) is 4. The average molecular weight is 309 g/mol. The van der Waals surface area contributed by atoms with E-state index in [1.165, 1.54) is 0 Å². The summed E-state index contributed by atoms with van der Waals surface area (Å²) >= 11 is 5.94. The molecule has 0 aliphatic rings. The summed E-state index contributed by atoms with van der Waals surface area (Å²) in [5.41, 5.74) is 3.21. The summed E-state index contributed by atoms with van der Waals surface area (Å²) in [5, 5.41) is 0. The summed E-state index contributed by atoms with van der Waals surface area (Å²) in [6.07, 6.45) is 2.68. The summed E-state index contributed by atoms with van der Waals surface area (Å²) in [7, 11) is 4.21. The van der Waals surface area contributed by atoms with Crippen LogP contribution in [-0.4, -0.2) is 46.0 Å². The van der Waals surface area contributed by atoms with Crippen molar-refractivity contribution in [2.45, 2.75) is 33.7 Å². The number of aromatic nitrogens is 3. The molecule has 0 N–H and O–H groups in total. The number of halogens is 1. The van der Waals surface area contributed by atoms with Crippen LogP contribution in [0.5, 0.6) is 0 Å². The zero-order valence-corrected chi connectivity index (χ0v) is 14.4. The van der Waals surface area contributed by atoms with Gasteiger partial charge in [-0.05, 0) is 38.1 Å². The van der Waals surface area contributed by atoms with Gasteiger partial charge in [-0.15, -0.1) is 11.6 Å². The molecule has 2 aromatic heterocycles. The lowest BCUT2D eigenvalue weighted by Gasteiger charge is -2.29. The van der Waals surface area contributed by atoms with Gasteiger partial charge in [-0.2, -0.15) is 0 Å². The maximum Gasteiger partial charge on any atom is 0.160 e. The van der Waals surface area contributed by atoms with Gasteiger partial charge in [0.15, 0.2) is 5.65 Å². The molecule has 0 amide bonds. The molecular weight excluding hydrogens is 284 g/mol. The van der Waals surface area contributed by atoms with Gasteiger partial charge in [-0.25, -0.2) is 9.97 Å². The van der Waals surface area contributed by atoms with Gasteiger partial charge in [0.1, 0.15) is 11.3 Å². The van der Waals surface area contributed by atoms with Crippen LogP contribution in [0.25, 0.3) is 11.2 Å². The first-order valence-corrected chi connectivity index (χ1v) is 7.88. The van der Waals surface area contributed by atoms with E-state index in [0.29, 0.717) is 5.88 Å². The number of hydrogen-bond acceptors (Lipinski definition) is 3. The molecule has 0 saturated carbocycles. The SMILES string of the molecule is Cc1cnc2c(c1)nc(CCCl)n2CC(C)(C)CN(C)C. The number of pyridine rings is 1. The Morgan fingerprint density at radius 3 is 2.67 bits per heavy atom. The van der Waals surface area contributed by atoms with Gasteiger partial charge in [0.2, 0.25) is 0 Å². The third-order valence-corrected chi connectivity index (χ3v) is 3.64. The molecular formula is C16H25ClN4. The Kier molecular flexibility index (Phi) is 4.89. The van der Waals surface area contributed by atoms with E-state index in [4.69, 9.17) is 16.6 Å². The molecule has 0 aromatic carbocycles. The number of imidazole rings is 1. The van der Waals surface area contributed by atoms with Crippen LogP contribution in [0.2, 0.25) is 0 Å². The van der Waals surface area contributed by atoms with Gasteiger partial charge >= 0.3 is 0 Å². The van der Waals surface area contributed by atoms with Crippen molar-refractivity contribution in [2.75, 3.05) is 26.5 Å². The second-order valence-electron chi connectivity index (χ2n) is 6.81. The molecule has 2 heterocycles. The highest BCUT2D eigenvalue weighted by molar-refractivity contribution is 6.17. The first-order valence-electron chi connectivity index (χ1n) is 7.35. The fraction of sp³-hybridized carbons (Fsp3) is 0.625. The fourth-order valence-corrected chi connectivity index (χ4v) is 3.10. The second-order valence-corrected chi connectivity index (χ2v) is 7.19. The first-order chi connectivity index (χ1) is 9.82. The van der Waals surface area contributed by atoms with E-state index in [1.807, 2.05) is 13.1 Å². The summed E-state index contributed by atoms with van der Waals surface area (Å²) in [6, 6.07) is 2.09. The Morgan fingerprint density at radius 1 is 1.33 bits per heavy atom. The minimum absolute atomic E-state index is 0.144. The average Bonchev–Trinajstić information content (AvgIpc) is 2.64. The van der Waals surface area contributed by atoms with Crippen LogP contribution in [-0.2, 0) is 13.0 Å². The number of aryl methyl sites for hydroxylation is 2. The molecule has 0 atom stereocenters. The lowest BCUT2D eigenvalue weighted by Crippen LogP contribution is -2.33. The molecule has 0 saturated heterocycles. The van der Waals surface area contributed by atoms with Crippen molar-refractivity contribution in [3.63, 3.8) is 0 Å². The predicted octanol–water partition coefficient (Wildman–Crippen LogP) is 3.11. The smallest absolute Gasteiger partial charge is 0.160 e. The summed E-state index contributed by atoms with van der Waals surface area (Å²) < 4.78 is 2.24. The normalized spacial score (nSPS) is 12.5. The van der Waals surface area contributed by atoms with Crippen LogP contribution in [0.1, 0.15) is 25.2 Å². The minimum Gasteiger partial charge on any atom is -0.312 e. The second kappa shape index (κ2) is 6.32. The predicted molar refractivity (Wildman–Crippen MR) is 89.0 cm³/mol. The van der Waals surface area contributed by atoms with E-state index in [9.17, 15) is 0 Å². The Balaban J connectivity index is 2.42. The Morgan fingerprint density at radius 2 is 2.05 bits per heavy atom. The third kappa shape index (κ3) is 3.95. The van der Waals surface area contributed by atoms with Gasteiger partial charge in [0.05, 0.1) is 0 Å². The lowest BCUT2D eigenvalue weighted by atomic mass is 9.92. The number of hydrogen-bond donors (Lipinski definition) is 0. The summed E-state index contributed by atoms with van der Waals surface area (Å²) in [4.78, 5) is 11.5. The van der Waals surface area contributed by atoms with E-state index >= 15 is 0 Å². The third-order valence-electron chi connectivity index (χ3n) is 3.45. The van der Waals surface area contributed by atoms with Gasteiger partial charge < -0.3 is 9.47 Å². The number of rotatable bonds is 6. The van der Waals surface area contributed by atoms with Gasteiger partial charge in [-0.3, -0.25) is 0 Å².